The Bertz CT molecular complexity index is 653. The number of benzene rings is 1. The van der Waals surface area contributed by atoms with E-state index in [2.05, 4.69) is 46.9 Å². The maximum Gasteiger partial charge on any atom is 0.261 e. The van der Waals surface area contributed by atoms with E-state index in [4.69, 9.17) is 0 Å². The molecular formula is C19H25NO2S. The molecule has 0 aliphatic carbocycles. The van der Waals surface area contributed by atoms with Crippen LogP contribution in [0.2, 0.25) is 0 Å². The minimum atomic E-state index is -0.180. The zero-order valence-electron chi connectivity index (χ0n) is 14.7. The third-order valence-corrected chi connectivity index (χ3v) is 4.58. The lowest BCUT2D eigenvalue weighted by atomic mass is 9.78. The van der Waals surface area contributed by atoms with Crippen molar-refractivity contribution in [2.24, 2.45) is 0 Å². The molecule has 0 aromatic heterocycles. The number of amides is 1. The van der Waals surface area contributed by atoms with Crippen LogP contribution in [-0.4, -0.2) is 11.0 Å². The molecule has 0 spiro atoms. The molecule has 3 nitrogen and oxygen atoms in total. The number of hydrogen-bond acceptors (Lipinski definition) is 3. The SMILES string of the molecule is CC(C)(C)c1cc(/C=C2\SC=CNC2=O)cc(C(C)(C)C)c1O. The van der Waals surface area contributed by atoms with E-state index in [9.17, 15) is 9.90 Å². The van der Waals surface area contributed by atoms with Gasteiger partial charge in [0, 0.05) is 17.3 Å². The summed E-state index contributed by atoms with van der Waals surface area (Å²) >= 11 is 1.40. The van der Waals surface area contributed by atoms with Gasteiger partial charge in [-0.2, -0.15) is 0 Å². The summed E-state index contributed by atoms with van der Waals surface area (Å²) in [6.07, 6.45) is 3.52. The number of carbonyl (C=O) groups is 1. The highest BCUT2D eigenvalue weighted by atomic mass is 32.2. The first-order chi connectivity index (χ1) is 10.5. The molecule has 0 bridgehead atoms. The number of thioether (sulfide) groups is 1. The van der Waals surface area contributed by atoms with E-state index in [1.807, 2.05) is 23.6 Å². The Labute approximate surface area is 142 Å². The molecule has 0 saturated heterocycles. The third kappa shape index (κ3) is 3.99. The molecular weight excluding hydrogens is 306 g/mol. The van der Waals surface area contributed by atoms with E-state index in [1.54, 1.807) is 6.20 Å². The van der Waals surface area contributed by atoms with Crippen LogP contribution in [0, 0.1) is 0 Å². The first kappa shape index (κ1) is 17.7. The Balaban J connectivity index is 2.63. The van der Waals surface area contributed by atoms with Gasteiger partial charge in [-0.25, -0.2) is 0 Å². The van der Waals surface area contributed by atoms with Crippen molar-refractivity contribution >= 4 is 23.7 Å². The monoisotopic (exact) mass is 331 g/mol. The topological polar surface area (TPSA) is 49.3 Å². The summed E-state index contributed by atoms with van der Waals surface area (Å²) in [5.41, 5.74) is 2.37. The van der Waals surface area contributed by atoms with E-state index in [0.717, 1.165) is 16.7 Å². The Kier molecular flexibility index (Phi) is 4.67. The minimum Gasteiger partial charge on any atom is -0.507 e. The van der Waals surface area contributed by atoms with Gasteiger partial charge in [-0.15, -0.1) is 0 Å². The molecule has 2 rings (SSSR count). The summed E-state index contributed by atoms with van der Waals surface area (Å²) in [5, 5.41) is 15.3. The van der Waals surface area contributed by atoms with Crippen molar-refractivity contribution in [1.29, 1.82) is 0 Å². The Morgan fingerprint density at radius 2 is 1.57 bits per heavy atom. The number of phenolic OH excluding ortho intramolecular Hbond substituents is 1. The summed E-state index contributed by atoms with van der Waals surface area (Å²) in [7, 11) is 0. The molecule has 1 aromatic rings. The van der Waals surface area contributed by atoms with Gasteiger partial charge >= 0.3 is 0 Å². The van der Waals surface area contributed by atoms with E-state index in [0.29, 0.717) is 10.7 Å². The van der Waals surface area contributed by atoms with Crippen molar-refractivity contribution in [3.63, 3.8) is 0 Å². The Morgan fingerprint density at radius 3 is 2.00 bits per heavy atom. The molecule has 0 fully saturated rings. The van der Waals surface area contributed by atoms with Crippen LogP contribution in [-0.2, 0) is 15.6 Å². The van der Waals surface area contributed by atoms with Crippen LogP contribution in [0.25, 0.3) is 6.08 Å². The van der Waals surface area contributed by atoms with Gasteiger partial charge in [0.25, 0.3) is 5.91 Å². The molecule has 124 valence electrons. The normalized spacial score (nSPS) is 17.5. The number of hydrogen-bond donors (Lipinski definition) is 2. The zero-order chi connectivity index (χ0) is 17.4. The molecule has 4 heteroatoms. The number of carbonyl (C=O) groups excluding carboxylic acids is 1. The maximum atomic E-state index is 11.9. The van der Waals surface area contributed by atoms with Gasteiger partial charge in [0.05, 0.1) is 4.91 Å². The summed E-state index contributed by atoms with van der Waals surface area (Å²) < 4.78 is 0. The quantitative estimate of drug-likeness (QED) is 0.736. The van der Waals surface area contributed by atoms with Crippen LogP contribution in [0.5, 0.6) is 5.75 Å². The van der Waals surface area contributed by atoms with E-state index >= 15 is 0 Å². The van der Waals surface area contributed by atoms with Gasteiger partial charge in [0.1, 0.15) is 5.75 Å². The van der Waals surface area contributed by atoms with Crippen LogP contribution >= 0.6 is 11.8 Å². The first-order valence-corrected chi connectivity index (χ1v) is 8.60. The molecule has 1 aromatic carbocycles. The van der Waals surface area contributed by atoms with Crippen LogP contribution in [0.4, 0.5) is 0 Å². The third-order valence-electron chi connectivity index (χ3n) is 3.75. The highest BCUT2D eigenvalue weighted by Crippen LogP contribution is 2.40. The molecule has 1 aliphatic heterocycles. The second-order valence-corrected chi connectivity index (χ2v) is 8.81. The van der Waals surface area contributed by atoms with Gasteiger partial charge < -0.3 is 10.4 Å². The molecule has 2 N–H and O–H groups in total. The number of phenols is 1. The van der Waals surface area contributed by atoms with Crippen molar-refractivity contribution in [2.45, 2.75) is 52.4 Å². The van der Waals surface area contributed by atoms with Crippen LogP contribution < -0.4 is 5.32 Å². The van der Waals surface area contributed by atoms with Gasteiger partial charge in [0.2, 0.25) is 0 Å². The smallest absolute Gasteiger partial charge is 0.261 e. The van der Waals surface area contributed by atoms with Gasteiger partial charge in [-0.05, 0) is 40.0 Å². The minimum absolute atomic E-state index is 0.0970. The zero-order valence-corrected chi connectivity index (χ0v) is 15.5. The van der Waals surface area contributed by atoms with Crippen molar-refractivity contribution in [3.8, 4) is 5.75 Å². The lowest BCUT2D eigenvalue weighted by Gasteiger charge is -2.28. The average molecular weight is 331 g/mol. The lowest BCUT2D eigenvalue weighted by Crippen LogP contribution is -2.20. The van der Waals surface area contributed by atoms with Crippen molar-refractivity contribution in [1.82, 2.24) is 5.32 Å². The van der Waals surface area contributed by atoms with Crippen LogP contribution in [0.1, 0.15) is 58.2 Å². The highest BCUT2D eigenvalue weighted by Gasteiger charge is 2.26. The Morgan fingerprint density at radius 1 is 1.04 bits per heavy atom. The van der Waals surface area contributed by atoms with E-state index in [1.165, 1.54) is 11.8 Å². The average Bonchev–Trinajstić information content (AvgIpc) is 2.40. The molecule has 1 aliphatic rings. The van der Waals surface area contributed by atoms with Crippen LogP contribution in [0.3, 0.4) is 0 Å². The molecule has 0 unspecified atom stereocenters. The predicted octanol–water partition coefficient (Wildman–Crippen LogP) is 4.66. The summed E-state index contributed by atoms with van der Waals surface area (Å²) in [5.74, 6) is 0.257. The van der Waals surface area contributed by atoms with Crippen LogP contribution in [0.15, 0.2) is 28.6 Å². The standard InChI is InChI=1S/C19H25NO2S/c1-18(2,3)13-9-12(10-14(16(13)21)19(4,5)6)11-15-17(22)20-7-8-23-15/h7-11,21H,1-6H3,(H,20,22)/b15-11-. The number of nitrogens with one attached hydrogen (secondary N) is 1. The second-order valence-electron chi connectivity index (χ2n) is 7.87. The predicted molar refractivity (Wildman–Crippen MR) is 98.4 cm³/mol. The van der Waals surface area contributed by atoms with Crippen molar-refractivity contribution in [3.05, 3.63) is 45.3 Å². The molecule has 23 heavy (non-hydrogen) atoms. The summed E-state index contributed by atoms with van der Waals surface area (Å²) in [6.45, 7) is 12.5. The maximum absolute atomic E-state index is 11.9. The molecule has 0 atom stereocenters. The molecule has 1 amide bonds. The van der Waals surface area contributed by atoms with Crippen molar-refractivity contribution in [2.75, 3.05) is 0 Å². The summed E-state index contributed by atoms with van der Waals surface area (Å²) in [4.78, 5) is 12.6. The fourth-order valence-corrected chi connectivity index (χ4v) is 3.13. The largest absolute Gasteiger partial charge is 0.507 e. The van der Waals surface area contributed by atoms with Gasteiger partial charge in [-0.3, -0.25) is 4.79 Å². The van der Waals surface area contributed by atoms with E-state index < -0.39 is 0 Å². The van der Waals surface area contributed by atoms with E-state index in [-0.39, 0.29) is 16.7 Å². The number of rotatable bonds is 1. The Hall–Kier alpha value is -1.68. The molecule has 0 radical (unpaired) electrons. The van der Waals surface area contributed by atoms with Gasteiger partial charge in [-0.1, -0.05) is 53.3 Å². The fourth-order valence-electron chi connectivity index (χ4n) is 2.48. The van der Waals surface area contributed by atoms with Crippen molar-refractivity contribution < 1.29 is 9.90 Å². The first-order valence-electron chi connectivity index (χ1n) is 7.72. The summed E-state index contributed by atoms with van der Waals surface area (Å²) in [6, 6.07) is 3.95. The lowest BCUT2D eigenvalue weighted by molar-refractivity contribution is -0.115. The number of aromatic hydroxyl groups is 1. The molecule has 0 saturated carbocycles. The second kappa shape index (κ2) is 6.08. The highest BCUT2D eigenvalue weighted by molar-refractivity contribution is 8.06. The fraction of sp³-hybridized carbons (Fsp3) is 0.421. The molecule has 1 heterocycles. The van der Waals surface area contributed by atoms with Gasteiger partial charge in [0.15, 0.2) is 0 Å².